The maximum absolute atomic E-state index is 12.4. The number of fused-ring (bicyclic) bond motifs is 1. The standard InChI is InChI=1S/C16H21N3O2S/c1-9-7-12(5-6-17-9)18-16(21)11-3-4-14-13(8-11)19-15(20)10(2)22-14/h3-4,8-10,12,17H,5-7H2,1-2H3,(H,18,21)(H,19,20). The van der Waals surface area contributed by atoms with Crippen LogP contribution in [0.2, 0.25) is 0 Å². The highest BCUT2D eigenvalue weighted by molar-refractivity contribution is 8.00. The number of amides is 2. The zero-order chi connectivity index (χ0) is 15.7. The Kier molecular flexibility index (Phi) is 4.40. The van der Waals surface area contributed by atoms with E-state index in [1.54, 1.807) is 6.07 Å². The van der Waals surface area contributed by atoms with E-state index >= 15 is 0 Å². The predicted molar refractivity (Wildman–Crippen MR) is 88.3 cm³/mol. The van der Waals surface area contributed by atoms with E-state index in [9.17, 15) is 9.59 Å². The average Bonchev–Trinajstić information content (AvgIpc) is 2.48. The van der Waals surface area contributed by atoms with Crippen molar-refractivity contribution in [1.29, 1.82) is 0 Å². The molecule has 1 fully saturated rings. The molecule has 3 rings (SSSR count). The maximum Gasteiger partial charge on any atom is 0.251 e. The second-order valence-electron chi connectivity index (χ2n) is 6.01. The molecule has 2 aliphatic rings. The zero-order valence-electron chi connectivity index (χ0n) is 12.8. The molecule has 1 aromatic carbocycles. The Hall–Kier alpha value is -1.53. The molecule has 1 aromatic rings. The van der Waals surface area contributed by atoms with Crippen molar-refractivity contribution in [3.05, 3.63) is 23.8 Å². The van der Waals surface area contributed by atoms with E-state index in [4.69, 9.17) is 0 Å². The van der Waals surface area contributed by atoms with Gasteiger partial charge in [0, 0.05) is 22.5 Å². The lowest BCUT2D eigenvalue weighted by Crippen LogP contribution is -2.46. The zero-order valence-corrected chi connectivity index (χ0v) is 13.6. The first-order valence-corrected chi connectivity index (χ1v) is 8.56. The van der Waals surface area contributed by atoms with Crippen molar-refractivity contribution < 1.29 is 9.59 Å². The molecule has 6 heteroatoms. The molecule has 3 unspecified atom stereocenters. The van der Waals surface area contributed by atoms with Gasteiger partial charge in [-0.15, -0.1) is 11.8 Å². The number of benzene rings is 1. The summed E-state index contributed by atoms with van der Waals surface area (Å²) < 4.78 is 0. The van der Waals surface area contributed by atoms with Gasteiger partial charge in [-0.2, -0.15) is 0 Å². The van der Waals surface area contributed by atoms with Gasteiger partial charge >= 0.3 is 0 Å². The molecule has 0 spiro atoms. The van der Waals surface area contributed by atoms with Gasteiger partial charge in [-0.1, -0.05) is 0 Å². The Balaban J connectivity index is 1.71. The molecule has 2 aliphatic heterocycles. The highest BCUT2D eigenvalue weighted by Crippen LogP contribution is 2.35. The molecule has 0 saturated carbocycles. The van der Waals surface area contributed by atoms with Crippen molar-refractivity contribution in [2.75, 3.05) is 11.9 Å². The number of nitrogens with one attached hydrogen (secondary N) is 3. The van der Waals surface area contributed by atoms with Crippen molar-refractivity contribution in [3.8, 4) is 0 Å². The summed E-state index contributed by atoms with van der Waals surface area (Å²) in [5.41, 5.74) is 1.33. The molecule has 5 nitrogen and oxygen atoms in total. The van der Waals surface area contributed by atoms with Gasteiger partial charge in [0.25, 0.3) is 5.91 Å². The van der Waals surface area contributed by atoms with E-state index in [-0.39, 0.29) is 23.1 Å². The Morgan fingerprint density at radius 2 is 2.18 bits per heavy atom. The van der Waals surface area contributed by atoms with Crippen molar-refractivity contribution in [1.82, 2.24) is 10.6 Å². The van der Waals surface area contributed by atoms with E-state index < -0.39 is 0 Å². The third-order valence-electron chi connectivity index (χ3n) is 4.13. The van der Waals surface area contributed by atoms with Crippen LogP contribution < -0.4 is 16.0 Å². The lowest BCUT2D eigenvalue weighted by Gasteiger charge is -2.29. The molecule has 0 aromatic heterocycles. The minimum absolute atomic E-state index is 0.0118. The number of carbonyl (C=O) groups is 2. The van der Waals surface area contributed by atoms with Crippen LogP contribution in [0.25, 0.3) is 0 Å². The molecule has 3 atom stereocenters. The Labute approximate surface area is 134 Å². The topological polar surface area (TPSA) is 70.2 Å². The molecule has 0 bridgehead atoms. The van der Waals surface area contributed by atoms with Crippen LogP contribution >= 0.6 is 11.8 Å². The molecule has 0 radical (unpaired) electrons. The third kappa shape index (κ3) is 3.28. The van der Waals surface area contributed by atoms with Crippen LogP contribution in [-0.4, -0.2) is 35.7 Å². The van der Waals surface area contributed by atoms with Crippen LogP contribution in [0.4, 0.5) is 5.69 Å². The number of thioether (sulfide) groups is 1. The van der Waals surface area contributed by atoms with Crippen molar-refractivity contribution in [3.63, 3.8) is 0 Å². The van der Waals surface area contributed by atoms with Gasteiger partial charge in [-0.05, 0) is 51.4 Å². The first-order valence-electron chi connectivity index (χ1n) is 7.69. The molecule has 2 amide bonds. The minimum atomic E-state index is -0.0941. The van der Waals surface area contributed by atoms with Gasteiger partial charge in [0.2, 0.25) is 5.91 Å². The van der Waals surface area contributed by atoms with Gasteiger partial charge in [-0.25, -0.2) is 0 Å². The number of hydrogen-bond acceptors (Lipinski definition) is 4. The fourth-order valence-electron chi connectivity index (χ4n) is 2.88. The summed E-state index contributed by atoms with van der Waals surface area (Å²) in [4.78, 5) is 25.2. The predicted octanol–water partition coefficient (Wildman–Crippen LogP) is 1.99. The fraction of sp³-hybridized carbons (Fsp3) is 0.500. The Morgan fingerprint density at radius 1 is 1.36 bits per heavy atom. The SMILES string of the molecule is CC1CC(NC(=O)c2ccc3c(c2)NC(=O)C(C)S3)CCN1. The summed E-state index contributed by atoms with van der Waals surface area (Å²) in [5.74, 6) is -0.0815. The van der Waals surface area contributed by atoms with E-state index in [2.05, 4.69) is 22.9 Å². The van der Waals surface area contributed by atoms with Crippen LogP contribution in [0.5, 0.6) is 0 Å². The molecule has 0 aliphatic carbocycles. The molecule has 2 heterocycles. The first kappa shape index (κ1) is 15.4. The summed E-state index contributed by atoms with van der Waals surface area (Å²) >= 11 is 1.52. The highest BCUT2D eigenvalue weighted by Gasteiger charge is 2.25. The molecule has 118 valence electrons. The summed E-state index contributed by atoms with van der Waals surface area (Å²) in [6, 6.07) is 6.15. The summed E-state index contributed by atoms with van der Waals surface area (Å²) in [5, 5.41) is 9.24. The second kappa shape index (κ2) is 6.30. The average molecular weight is 319 g/mol. The number of carbonyl (C=O) groups excluding carboxylic acids is 2. The van der Waals surface area contributed by atoms with Crippen LogP contribution in [0, 0.1) is 0 Å². The van der Waals surface area contributed by atoms with Gasteiger partial charge in [0.05, 0.1) is 10.9 Å². The second-order valence-corrected chi connectivity index (χ2v) is 7.39. The van der Waals surface area contributed by atoms with Gasteiger partial charge in [0.1, 0.15) is 0 Å². The molecule has 1 saturated heterocycles. The van der Waals surface area contributed by atoms with E-state index in [1.807, 2.05) is 19.1 Å². The number of hydrogen-bond donors (Lipinski definition) is 3. The van der Waals surface area contributed by atoms with Crippen molar-refractivity contribution in [2.24, 2.45) is 0 Å². The Morgan fingerprint density at radius 3 is 2.95 bits per heavy atom. The van der Waals surface area contributed by atoms with Gasteiger partial charge in [-0.3, -0.25) is 9.59 Å². The van der Waals surface area contributed by atoms with E-state index in [1.165, 1.54) is 11.8 Å². The molecular weight excluding hydrogens is 298 g/mol. The summed E-state index contributed by atoms with van der Waals surface area (Å²) in [6.45, 7) is 4.94. The number of rotatable bonds is 2. The van der Waals surface area contributed by atoms with Crippen LogP contribution in [0.1, 0.15) is 37.0 Å². The van der Waals surface area contributed by atoms with E-state index in [0.717, 1.165) is 30.0 Å². The van der Waals surface area contributed by atoms with Crippen LogP contribution in [0.3, 0.4) is 0 Å². The van der Waals surface area contributed by atoms with Gasteiger partial charge in [0.15, 0.2) is 0 Å². The van der Waals surface area contributed by atoms with Crippen LogP contribution in [-0.2, 0) is 4.79 Å². The third-order valence-corrected chi connectivity index (χ3v) is 5.31. The van der Waals surface area contributed by atoms with Crippen molar-refractivity contribution in [2.45, 2.75) is 48.9 Å². The summed E-state index contributed by atoms with van der Waals surface area (Å²) in [6.07, 6.45) is 1.89. The van der Waals surface area contributed by atoms with Crippen LogP contribution in [0.15, 0.2) is 23.1 Å². The number of piperidine rings is 1. The monoisotopic (exact) mass is 319 g/mol. The fourth-order valence-corrected chi connectivity index (χ4v) is 3.81. The normalized spacial score (nSPS) is 27.7. The smallest absolute Gasteiger partial charge is 0.251 e. The lowest BCUT2D eigenvalue weighted by molar-refractivity contribution is -0.115. The Bertz CT molecular complexity index is 605. The minimum Gasteiger partial charge on any atom is -0.349 e. The van der Waals surface area contributed by atoms with Gasteiger partial charge < -0.3 is 16.0 Å². The largest absolute Gasteiger partial charge is 0.349 e. The first-order chi connectivity index (χ1) is 10.5. The number of anilines is 1. The molecule has 3 N–H and O–H groups in total. The molecular formula is C16H21N3O2S. The molecule has 22 heavy (non-hydrogen) atoms. The van der Waals surface area contributed by atoms with Crippen molar-refractivity contribution >= 4 is 29.3 Å². The highest BCUT2D eigenvalue weighted by atomic mass is 32.2. The summed E-state index contributed by atoms with van der Waals surface area (Å²) in [7, 11) is 0. The van der Waals surface area contributed by atoms with E-state index in [0.29, 0.717) is 11.6 Å². The lowest BCUT2D eigenvalue weighted by atomic mass is 10.00. The maximum atomic E-state index is 12.4. The quantitative estimate of drug-likeness (QED) is 0.780.